The van der Waals surface area contributed by atoms with Crippen LogP contribution in [0.5, 0.6) is 0 Å². The summed E-state index contributed by atoms with van der Waals surface area (Å²) in [4.78, 5) is 38.7. The first-order valence-corrected chi connectivity index (χ1v) is 15.5. The number of amidine groups is 1. The predicted octanol–water partition coefficient (Wildman–Crippen LogP) is 7.86. The number of nitrogens with zero attached hydrogens (tertiary/aromatic N) is 1. The number of anilines is 1. The molecular weight excluding hydrogens is 594 g/mol. The zero-order valence-corrected chi connectivity index (χ0v) is 24.8. The van der Waals surface area contributed by atoms with Crippen LogP contribution in [-0.2, 0) is 20.8 Å². The molecule has 11 heteroatoms. The zero-order chi connectivity index (χ0) is 30.8. The summed E-state index contributed by atoms with van der Waals surface area (Å²) in [5.41, 5.74) is 3.17. The predicted molar refractivity (Wildman–Crippen MR) is 167 cm³/mol. The second kappa shape index (κ2) is 15.5. The van der Waals surface area contributed by atoms with Crippen LogP contribution in [0, 0.1) is 11.6 Å². The summed E-state index contributed by atoms with van der Waals surface area (Å²) in [7, 11) is 0. The molecule has 0 aromatic heterocycles. The lowest BCUT2D eigenvalue weighted by molar-refractivity contribution is -0.138. The third-order valence-corrected chi connectivity index (χ3v) is 8.56. The fraction of sp³-hybridized carbons (Fsp3) is 0.250. The van der Waals surface area contributed by atoms with Gasteiger partial charge in [0.25, 0.3) is 5.91 Å². The van der Waals surface area contributed by atoms with Crippen LogP contribution < -0.4 is 5.32 Å². The standard InChI is InChI=1S/C32H30F2N2O5S2/c33-25-19-24(14-12-22(25)5-4-7-30(39)40)35-32-36-31(41)28(43-32)17-20-8-10-21(11-9-20)23-13-15-27(26(34)18-23)42-16-3-1-2-6-29(37)38/h8-15,17-19H,1-7,16H2,(H,37,38)(H,39,40)(H,35,36,41). The summed E-state index contributed by atoms with van der Waals surface area (Å²) < 4.78 is 29.2. The number of amides is 1. The smallest absolute Gasteiger partial charge is 0.303 e. The molecule has 0 saturated heterocycles. The van der Waals surface area contributed by atoms with Crippen molar-refractivity contribution in [3.8, 4) is 11.1 Å². The van der Waals surface area contributed by atoms with Gasteiger partial charge < -0.3 is 15.5 Å². The lowest BCUT2D eigenvalue weighted by atomic mass is 10.0. The van der Waals surface area contributed by atoms with Crippen LogP contribution in [0.1, 0.15) is 49.7 Å². The zero-order valence-electron chi connectivity index (χ0n) is 23.1. The number of hydrogen-bond donors (Lipinski definition) is 3. The Hall–Kier alpha value is -3.96. The van der Waals surface area contributed by atoms with E-state index in [2.05, 4.69) is 10.3 Å². The molecule has 1 amide bonds. The first-order chi connectivity index (χ1) is 20.7. The number of rotatable bonds is 14. The number of thioether (sulfide) groups is 2. The molecule has 0 unspecified atom stereocenters. The van der Waals surface area contributed by atoms with Gasteiger partial charge in [0.1, 0.15) is 11.6 Å². The maximum Gasteiger partial charge on any atom is 0.303 e. The molecule has 0 radical (unpaired) electrons. The van der Waals surface area contributed by atoms with Gasteiger partial charge in [0.2, 0.25) is 0 Å². The van der Waals surface area contributed by atoms with Gasteiger partial charge in [-0.15, -0.1) is 11.8 Å². The van der Waals surface area contributed by atoms with Crippen LogP contribution in [0.25, 0.3) is 17.2 Å². The largest absolute Gasteiger partial charge is 0.481 e. The summed E-state index contributed by atoms with van der Waals surface area (Å²) in [6, 6.07) is 17.0. The second-order valence-corrected chi connectivity index (χ2v) is 12.0. The fourth-order valence-corrected chi connectivity index (χ4v) is 6.06. The van der Waals surface area contributed by atoms with Gasteiger partial charge in [0.15, 0.2) is 5.17 Å². The van der Waals surface area contributed by atoms with E-state index in [0.29, 0.717) is 45.5 Å². The molecule has 3 aromatic carbocycles. The summed E-state index contributed by atoms with van der Waals surface area (Å²) >= 11 is 2.55. The van der Waals surface area contributed by atoms with E-state index in [1.54, 1.807) is 24.3 Å². The molecule has 0 spiro atoms. The van der Waals surface area contributed by atoms with Crippen molar-refractivity contribution in [2.45, 2.75) is 49.8 Å². The van der Waals surface area contributed by atoms with Crippen LogP contribution in [0.3, 0.4) is 0 Å². The number of nitrogens with one attached hydrogen (secondary N) is 1. The maximum absolute atomic E-state index is 14.7. The number of aliphatic carboxylic acids is 2. The van der Waals surface area contributed by atoms with Crippen molar-refractivity contribution in [2.75, 3.05) is 11.1 Å². The van der Waals surface area contributed by atoms with Crippen LogP contribution in [0.15, 0.2) is 75.5 Å². The maximum atomic E-state index is 14.7. The highest BCUT2D eigenvalue weighted by Gasteiger charge is 2.22. The molecule has 7 nitrogen and oxygen atoms in total. The van der Waals surface area contributed by atoms with Gasteiger partial charge in [0, 0.05) is 23.4 Å². The Morgan fingerprint density at radius 2 is 1.58 bits per heavy atom. The monoisotopic (exact) mass is 624 g/mol. The lowest BCUT2D eigenvalue weighted by Crippen LogP contribution is -2.06. The summed E-state index contributed by atoms with van der Waals surface area (Å²) in [5, 5.41) is 20.7. The lowest BCUT2D eigenvalue weighted by Gasteiger charge is -2.08. The minimum atomic E-state index is -0.921. The molecule has 0 bridgehead atoms. The molecule has 0 aliphatic carbocycles. The van der Waals surface area contributed by atoms with E-state index >= 15 is 0 Å². The number of carboxylic acid groups (broad SMARTS) is 2. The number of carbonyl (C=O) groups excluding carboxylic acids is 1. The number of hydrogen-bond acceptors (Lipinski definition) is 6. The third kappa shape index (κ3) is 9.79. The molecule has 1 aliphatic heterocycles. The third-order valence-electron chi connectivity index (χ3n) is 6.53. The van der Waals surface area contributed by atoms with Crippen molar-refractivity contribution in [1.29, 1.82) is 0 Å². The van der Waals surface area contributed by atoms with E-state index in [9.17, 15) is 23.2 Å². The quantitative estimate of drug-likeness (QED) is 0.0943. The van der Waals surface area contributed by atoms with Crippen LogP contribution >= 0.6 is 23.5 Å². The number of unbranched alkanes of at least 4 members (excludes halogenated alkanes) is 2. The Morgan fingerprint density at radius 3 is 2.28 bits per heavy atom. The summed E-state index contributed by atoms with van der Waals surface area (Å²) in [5.74, 6) is -2.19. The van der Waals surface area contributed by atoms with Crippen molar-refractivity contribution in [3.05, 3.63) is 88.3 Å². The van der Waals surface area contributed by atoms with E-state index < -0.39 is 23.7 Å². The normalized spacial score (nSPS) is 13.8. The molecule has 0 saturated carbocycles. The summed E-state index contributed by atoms with van der Waals surface area (Å²) in [6.07, 6.45) is 4.73. The Morgan fingerprint density at radius 1 is 0.860 bits per heavy atom. The highest BCUT2D eigenvalue weighted by atomic mass is 32.2. The number of carbonyl (C=O) groups is 3. The minimum absolute atomic E-state index is 0.0291. The number of carboxylic acids is 2. The SMILES string of the molecule is O=C(O)CCCCCSc1ccc(-c2ccc(C=C3SC(Nc4ccc(CCCC(=O)O)c(F)c4)=NC3=O)cc2)cc1F. The average molecular weight is 625 g/mol. The van der Waals surface area contributed by atoms with Crippen LogP contribution in [-0.4, -0.2) is 39.0 Å². The Kier molecular flexibility index (Phi) is 11.5. The number of halogens is 2. The Bertz CT molecular complexity index is 1560. The van der Waals surface area contributed by atoms with Gasteiger partial charge in [-0.1, -0.05) is 42.8 Å². The van der Waals surface area contributed by atoms with Gasteiger partial charge in [-0.2, -0.15) is 4.99 Å². The van der Waals surface area contributed by atoms with E-state index in [0.717, 1.165) is 47.0 Å². The van der Waals surface area contributed by atoms with Gasteiger partial charge in [-0.3, -0.25) is 14.4 Å². The van der Waals surface area contributed by atoms with Crippen molar-refractivity contribution in [2.24, 2.45) is 4.99 Å². The average Bonchev–Trinajstić information content (AvgIpc) is 3.30. The van der Waals surface area contributed by atoms with E-state index in [-0.39, 0.29) is 18.7 Å². The highest BCUT2D eigenvalue weighted by molar-refractivity contribution is 8.18. The first kappa shape index (κ1) is 32.0. The molecule has 224 valence electrons. The fourth-order valence-electron chi connectivity index (χ4n) is 4.30. The molecule has 3 N–H and O–H groups in total. The Labute approximate surface area is 256 Å². The number of aliphatic imine (C=N–C) groups is 1. The molecule has 1 heterocycles. The van der Waals surface area contributed by atoms with Gasteiger partial charge in [-0.25, -0.2) is 8.78 Å². The van der Waals surface area contributed by atoms with Gasteiger partial charge >= 0.3 is 11.9 Å². The van der Waals surface area contributed by atoms with Crippen molar-refractivity contribution >= 4 is 58.3 Å². The molecule has 43 heavy (non-hydrogen) atoms. The Balaban J connectivity index is 1.30. The van der Waals surface area contributed by atoms with E-state index in [1.807, 2.05) is 30.3 Å². The molecular formula is C32H30F2N2O5S2. The van der Waals surface area contributed by atoms with Gasteiger partial charge in [-0.05, 0) is 95.8 Å². The first-order valence-electron chi connectivity index (χ1n) is 13.7. The summed E-state index contributed by atoms with van der Waals surface area (Å²) in [6.45, 7) is 0. The van der Waals surface area contributed by atoms with Crippen LogP contribution in [0.2, 0.25) is 0 Å². The van der Waals surface area contributed by atoms with Gasteiger partial charge in [0.05, 0.1) is 4.91 Å². The number of aryl methyl sites for hydroxylation is 1. The molecule has 0 fully saturated rings. The highest BCUT2D eigenvalue weighted by Crippen LogP contribution is 2.32. The molecule has 1 aliphatic rings. The minimum Gasteiger partial charge on any atom is -0.481 e. The van der Waals surface area contributed by atoms with E-state index in [4.69, 9.17) is 10.2 Å². The molecule has 3 aromatic rings. The van der Waals surface area contributed by atoms with Crippen LogP contribution in [0.4, 0.5) is 14.5 Å². The number of benzene rings is 3. The second-order valence-electron chi connectivity index (χ2n) is 9.83. The van der Waals surface area contributed by atoms with Crippen molar-refractivity contribution in [3.63, 3.8) is 0 Å². The topological polar surface area (TPSA) is 116 Å². The van der Waals surface area contributed by atoms with Crippen molar-refractivity contribution in [1.82, 2.24) is 0 Å². The molecule has 0 atom stereocenters. The molecule has 4 rings (SSSR count). The van der Waals surface area contributed by atoms with E-state index in [1.165, 1.54) is 23.9 Å². The van der Waals surface area contributed by atoms with Crippen molar-refractivity contribution < 1.29 is 33.4 Å².